The molecule has 0 bridgehead atoms. The molecule has 0 unspecified atom stereocenters. The minimum atomic E-state index is -0.313. The molecule has 0 aliphatic rings. The van der Waals surface area contributed by atoms with Crippen LogP contribution in [0.1, 0.15) is 24.0 Å². The molecule has 0 saturated heterocycles. The molecule has 8 heteroatoms. The monoisotopic (exact) mass is 398 g/mol. The summed E-state index contributed by atoms with van der Waals surface area (Å²) in [6, 6.07) is 13.7. The smallest absolute Gasteiger partial charge is 0.227 e. The van der Waals surface area contributed by atoms with Crippen molar-refractivity contribution in [2.75, 3.05) is 30.0 Å². The summed E-state index contributed by atoms with van der Waals surface area (Å²) >= 11 is 0. The number of anilines is 2. The second kappa shape index (κ2) is 10.9. The fraction of sp³-hybridized carbons (Fsp3) is 0.286. The van der Waals surface area contributed by atoms with E-state index in [-0.39, 0.29) is 50.3 Å². The average Bonchev–Trinajstić information content (AvgIpc) is 2.71. The predicted molar refractivity (Wildman–Crippen MR) is 112 cm³/mol. The van der Waals surface area contributed by atoms with E-state index in [0.717, 1.165) is 5.56 Å². The molecule has 0 spiro atoms. The standard InChI is InChI=1S/C21H26N4O4/c22-21(23)16-4-6-17(7-5-16)24-19(28)8-9-20(29)25(11-13-27)18-3-1-2-15(14-18)10-12-26/h1-7,14,26-27H,8-13H2,(H3,22,23)(H,24,28). The van der Waals surface area contributed by atoms with Crippen LogP contribution in [0.15, 0.2) is 48.5 Å². The summed E-state index contributed by atoms with van der Waals surface area (Å²) < 4.78 is 0. The van der Waals surface area contributed by atoms with Crippen LogP contribution in [-0.4, -0.2) is 47.6 Å². The van der Waals surface area contributed by atoms with Crippen molar-refractivity contribution in [3.8, 4) is 0 Å². The van der Waals surface area contributed by atoms with Gasteiger partial charge in [-0.3, -0.25) is 15.0 Å². The second-order valence-electron chi connectivity index (χ2n) is 6.45. The van der Waals surface area contributed by atoms with E-state index in [1.165, 1.54) is 4.90 Å². The molecule has 29 heavy (non-hydrogen) atoms. The Morgan fingerprint density at radius 3 is 2.38 bits per heavy atom. The first-order chi connectivity index (χ1) is 13.9. The Labute approximate surface area is 169 Å². The van der Waals surface area contributed by atoms with E-state index >= 15 is 0 Å². The maximum Gasteiger partial charge on any atom is 0.227 e. The summed E-state index contributed by atoms with van der Waals surface area (Å²) in [5.74, 6) is -0.644. The van der Waals surface area contributed by atoms with Gasteiger partial charge in [0.05, 0.1) is 6.61 Å². The molecule has 0 radical (unpaired) electrons. The number of amides is 2. The molecule has 8 nitrogen and oxygen atoms in total. The third-order valence-electron chi connectivity index (χ3n) is 4.29. The third-order valence-corrected chi connectivity index (χ3v) is 4.29. The Balaban J connectivity index is 1.96. The van der Waals surface area contributed by atoms with Crippen molar-refractivity contribution in [2.24, 2.45) is 5.73 Å². The molecule has 2 aromatic rings. The number of hydrogen-bond acceptors (Lipinski definition) is 5. The Hall–Kier alpha value is -3.23. The van der Waals surface area contributed by atoms with Gasteiger partial charge in [0.15, 0.2) is 0 Å². The van der Waals surface area contributed by atoms with Crippen LogP contribution in [0.4, 0.5) is 11.4 Å². The fourth-order valence-electron chi connectivity index (χ4n) is 2.82. The second-order valence-corrected chi connectivity index (χ2v) is 6.45. The van der Waals surface area contributed by atoms with Gasteiger partial charge in [-0.2, -0.15) is 0 Å². The van der Waals surface area contributed by atoms with E-state index in [2.05, 4.69) is 5.32 Å². The number of rotatable bonds is 10. The van der Waals surface area contributed by atoms with E-state index < -0.39 is 0 Å². The van der Waals surface area contributed by atoms with Gasteiger partial charge < -0.3 is 26.2 Å². The first-order valence-corrected chi connectivity index (χ1v) is 9.30. The molecule has 0 saturated carbocycles. The zero-order valence-corrected chi connectivity index (χ0v) is 16.1. The van der Waals surface area contributed by atoms with Crippen molar-refractivity contribution < 1.29 is 19.8 Å². The number of benzene rings is 2. The number of aliphatic hydroxyl groups excluding tert-OH is 2. The van der Waals surface area contributed by atoms with E-state index in [1.54, 1.807) is 42.5 Å². The number of nitrogens with one attached hydrogen (secondary N) is 2. The minimum Gasteiger partial charge on any atom is -0.396 e. The first kappa shape index (κ1) is 22.1. The van der Waals surface area contributed by atoms with Gasteiger partial charge in [-0.05, 0) is 48.4 Å². The lowest BCUT2D eigenvalue weighted by atomic mass is 10.1. The number of nitrogens with two attached hydrogens (primary N) is 1. The highest BCUT2D eigenvalue weighted by Gasteiger charge is 2.17. The van der Waals surface area contributed by atoms with E-state index in [9.17, 15) is 14.7 Å². The lowest BCUT2D eigenvalue weighted by Gasteiger charge is -2.22. The molecule has 6 N–H and O–H groups in total. The molecule has 0 fully saturated rings. The topological polar surface area (TPSA) is 140 Å². The average molecular weight is 398 g/mol. The summed E-state index contributed by atoms with van der Waals surface area (Å²) in [6.45, 7) is -0.0782. The molecule has 2 rings (SSSR count). The molecule has 154 valence electrons. The molecule has 2 aromatic carbocycles. The van der Waals surface area contributed by atoms with Gasteiger partial charge in [-0.25, -0.2) is 0 Å². The maximum absolute atomic E-state index is 12.6. The quantitative estimate of drug-likeness (QED) is 0.303. The predicted octanol–water partition coefficient (Wildman–Crippen LogP) is 1.25. The number of carbonyl (C=O) groups excluding carboxylic acids is 2. The van der Waals surface area contributed by atoms with Crippen molar-refractivity contribution in [2.45, 2.75) is 19.3 Å². The summed E-state index contributed by atoms with van der Waals surface area (Å²) in [7, 11) is 0. The zero-order valence-electron chi connectivity index (χ0n) is 16.1. The first-order valence-electron chi connectivity index (χ1n) is 9.30. The van der Waals surface area contributed by atoms with Crippen molar-refractivity contribution in [1.82, 2.24) is 0 Å². The van der Waals surface area contributed by atoms with Crippen molar-refractivity contribution in [3.63, 3.8) is 0 Å². The molecule has 2 amide bonds. The summed E-state index contributed by atoms with van der Waals surface area (Å²) in [5, 5.41) is 28.5. The number of amidine groups is 1. The van der Waals surface area contributed by atoms with E-state index in [4.69, 9.17) is 16.2 Å². The van der Waals surface area contributed by atoms with Crippen LogP contribution in [0.5, 0.6) is 0 Å². The number of nitrogen functional groups attached to an aromatic ring is 1. The van der Waals surface area contributed by atoms with E-state index in [0.29, 0.717) is 23.4 Å². The number of aliphatic hydroxyl groups is 2. The lowest BCUT2D eigenvalue weighted by molar-refractivity contribution is -0.122. The molecule has 0 aliphatic carbocycles. The Kier molecular flexibility index (Phi) is 8.32. The van der Waals surface area contributed by atoms with Gasteiger partial charge >= 0.3 is 0 Å². The van der Waals surface area contributed by atoms with Crippen LogP contribution < -0.4 is 16.0 Å². The number of nitrogens with zero attached hydrogens (tertiary/aromatic N) is 1. The van der Waals surface area contributed by atoms with Crippen molar-refractivity contribution in [1.29, 1.82) is 5.41 Å². The van der Waals surface area contributed by atoms with Gasteiger partial charge in [0.2, 0.25) is 11.8 Å². The highest BCUT2D eigenvalue weighted by atomic mass is 16.3. The van der Waals surface area contributed by atoms with Gasteiger partial charge in [-0.15, -0.1) is 0 Å². The van der Waals surface area contributed by atoms with Crippen LogP contribution in [0.2, 0.25) is 0 Å². The zero-order chi connectivity index (χ0) is 21.2. The highest BCUT2D eigenvalue weighted by Crippen LogP contribution is 2.18. The summed E-state index contributed by atoms with van der Waals surface area (Å²) in [5.41, 5.74) is 8.01. The maximum atomic E-state index is 12.6. The van der Waals surface area contributed by atoms with Crippen LogP contribution in [0.25, 0.3) is 0 Å². The third kappa shape index (κ3) is 6.70. The van der Waals surface area contributed by atoms with Gasteiger partial charge in [-0.1, -0.05) is 12.1 Å². The van der Waals surface area contributed by atoms with Crippen molar-refractivity contribution >= 4 is 29.0 Å². The molecular formula is C21H26N4O4. The van der Waals surface area contributed by atoms with Crippen LogP contribution in [0, 0.1) is 5.41 Å². The Bertz CT molecular complexity index is 852. The van der Waals surface area contributed by atoms with Crippen LogP contribution in [-0.2, 0) is 16.0 Å². The van der Waals surface area contributed by atoms with Crippen LogP contribution in [0.3, 0.4) is 0 Å². The van der Waals surface area contributed by atoms with Gasteiger partial charge in [0.25, 0.3) is 0 Å². The summed E-state index contributed by atoms with van der Waals surface area (Å²) in [4.78, 5) is 26.2. The Morgan fingerprint density at radius 2 is 1.76 bits per heavy atom. The van der Waals surface area contributed by atoms with Gasteiger partial charge in [0, 0.05) is 42.9 Å². The van der Waals surface area contributed by atoms with Gasteiger partial charge in [0.1, 0.15) is 5.84 Å². The Morgan fingerprint density at radius 1 is 1.03 bits per heavy atom. The van der Waals surface area contributed by atoms with E-state index in [1.807, 2.05) is 6.07 Å². The number of carbonyl (C=O) groups is 2. The molecular weight excluding hydrogens is 372 g/mol. The lowest BCUT2D eigenvalue weighted by Crippen LogP contribution is -2.34. The normalized spacial score (nSPS) is 10.4. The van der Waals surface area contributed by atoms with Crippen molar-refractivity contribution in [3.05, 3.63) is 59.7 Å². The highest BCUT2D eigenvalue weighted by molar-refractivity contribution is 5.99. The largest absolute Gasteiger partial charge is 0.396 e. The molecule has 0 aromatic heterocycles. The summed E-state index contributed by atoms with van der Waals surface area (Å²) in [6.07, 6.45) is 0.451. The SMILES string of the molecule is N=C(N)c1ccc(NC(=O)CCC(=O)N(CCO)c2cccc(CCO)c2)cc1. The molecule has 0 atom stereocenters. The molecule has 0 heterocycles. The minimum absolute atomic E-state index is 0.00493. The number of hydrogen-bond donors (Lipinski definition) is 5. The fourth-order valence-corrected chi connectivity index (χ4v) is 2.82. The molecule has 0 aliphatic heterocycles. The van der Waals surface area contributed by atoms with Crippen LogP contribution >= 0.6 is 0 Å².